The summed E-state index contributed by atoms with van der Waals surface area (Å²) in [6.45, 7) is 18.2. The van der Waals surface area contributed by atoms with Crippen molar-refractivity contribution in [2.45, 2.75) is 79.6 Å². The highest BCUT2D eigenvalue weighted by molar-refractivity contribution is 5.95. The van der Waals surface area contributed by atoms with Crippen molar-refractivity contribution >= 4 is 22.1 Å². The van der Waals surface area contributed by atoms with Crippen molar-refractivity contribution in [3.05, 3.63) is 54.7 Å². The fourth-order valence-corrected chi connectivity index (χ4v) is 4.76. The molecule has 0 saturated heterocycles. The maximum absolute atomic E-state index is 4.82. The highest BCUT2D eigenvalue weighted by atomic mass is 15.2. The lowest BCUT2D eigenvalue weighted by atomic mass is 10.0. The molecule has 0 aliphatic carbocycles. The van der Waals surface area contributed by atoms with Gasteiger partial charge in [0, 0.05) is 52.7 Å². The van der Waals surface area contributed by atoms with Crippen LogP contribution in [0.25, 0.3) is 22.0 Å². The number of rotatable bonds is 7. The number of hydrogen-bond donors (Lipinski definition) is 0. The van der Waals surface area contributed by atoms with Gasteiger partial charge in [-0.25, -0.2) is 0 Å². The molecule has 3 rings (SSSR count). The fraction of sp³-hybridized carbons (Fsp3) is 0.444. The Bertz CT molecular complexity index is 929. The predicted octanol–water partition coefficient (Wildman–Crippen LogP) is 7.15. The summed E-state index contributed by atoms with van der Waals surface area (Å²) in [5, 5.41) is 2.42. The number of benzene rings is 2. The SMILES string of the molecule is CC(C)N(c1cc(-c2nccc3ccccc23)cc(N(C(C)C)C(C)C)c1)C(C)C. The second-order valence-electron chi connectivity index (χ2n) is 9.31. The van der Waals surface area contributed by atoms with Crippen LogP contribution >= 0.6 is 0 Å². The molecule has 0 bridgehead atoms. The first kappa shape index (κ1) is 22.1. The molecular formula is C27H37N3. The zero-order valence-corrected chi connectivity index (χ0v) is 19.8. The van der Waals surface area contributed by atoms with Gasteiger partial charge in [0.15, 0.2) is 0 Å². The second-order valence-corrected chi connectivity index (χ2v) is 9.31. The van der Waals surface area contributed by atoms with Gasteiger partial charge in [-0.05, 0) is 85.0 Å². The van der Waals surface area contributed by atoms with Crippen LogP contribution in [-0.4, -0.2) is 29.2 Å². The van der Waals surface area contributed by atoms with Crippen molar-refractivity contribution in [1.29, 1.82) is 0 Å². The molecule has 0 atom stereocenters. The first-order valence-electron chi connectivity index (χ1n) is 11.3. The van der Waals surface area contributed by atoms with Crippen LogP contribution < -0.4 is 9.80 Å². The lowest BCUT2D eigenvalue weighted by Gasteiger charge is -2.37. The number of aromatic nitrogens is 1. The Balaban J connectivity index is 2.29. The third-order valence-electron chi connectivity index (χ3n) is 5.67. The molecule has 0 amide bonds. The first-order valence-corrected chi connectivity index (χ1v) is 11.3. The zero-order valence-electron chi connectivity index (χ0n) is 19.8. The van der Waals surface area contributed by atoms with Crippen molar-refractivity contribution < 1.29 is 0 Å². The van der Waals surface area contributed by atoms with Gasteiger partial charge < -0.3 is 9.80 Å². The predicted molar refractivity (Wildman–Crippen MR) is 133 cm³/mol. The van der Waals surface area contributed by atoms with Crippen LogP contribution in [0.4, 0.5) is 11.4 Å². The van der Waals surface area contributed by atoms with Crippen molar-refractivity contribution in [3.63, 3.8) is 0 Å². The number of anilines is 2. The van der Waals surface area contributed by atoms with E-state index in [2.05, 4.69) is 114 Å². The molecule has 0 radical (unpaired) electrons. The molecule has 0 spiro atoms. The normalized spacial score (nSPS) is 11.9. The lowest BCUT2D eigenvalue weighted by molar-refractivity contribution is 0.600. The average Bonchev–Trinajstić information content (AvgIpc) is 2.66. The maximum Gasteiger partial charge on any atom is 0.0781 e. The van der Waals surface area contributed by atoms with Gasteiger partial charge >= 0.3 is 0 Å². The van der Waals surface area contributed by atoms with Crippen molar-refractivity contribution in [1.82, 2.24) is 4.98 Å². The van der Waals surface area contributed by atoms with E-state index in [1.807, 2.05) is 6.20 Å². The topological polar surface area (TPSA) is 19.4 Å². The maximum atomic E-state index is 4.82. The van der Waals surface area contributed by atoms with Gasteiger partial charge in [0.2, 0.25) is 0 Å². The molecule has 30 heavy (non-hydrogen) atoms. The third-order valence-corrected chi connectivity index (χ3v) is 5.67. The van der Waals surface area contributed by atoms with Crippen LogP contribution in [-0.2, 0) is 0 Å². The summed E-state index contributed by atoms with van der Waals surface area (Å²) in [5.41, 5.74) is 4.75. The quantitative estimate of drug-likeness (QED) is 0.417. The summed E-state index contributed by atoms with van der Waals surface area (Å²) < 4.78 is 0. The van der Waals surface area contributed by atoms with Gasteiger partial charge in [-0.3, -0.25) is 4.98 Å². The summed E-state index contributed by atoms with van der Waals surface area (Å²) in [5.74, 6) is 0. The highest BCUT2D eigenvalue weighted by Gasteiger charge is 2.21. The van der Waals surface area contributed by atoms with E-state index >= 15 is 0 Å². The lowest BCUT2D eigenvalue weighted by Crippen LogP contribution is -2.39. The smallest absolute Gasteiger partial charge is 0.0781 e. The summed E-state index contributed by atoms with van der Waals surface area (Å²) in [6, 6.07) is 19.3. The zero-order chi connectivity index (χ0) is 22.0. The minimum Gasteiger partial charge on any atom is -0.367 e. The van der Waals surface area contributed by atoms with E-state index in [0.717, 1.165) is 5.69 Å². The Morgan fingerprint density at radius 3 is 1.63 bits per heavy atom. The average molecular weight is 404 g/mol. The van der Waals surface area contributed by atoms with Crippen LogP contribution in [0.5, 0.6) is 0 Å². The summed E-state index contributed by atoms with van der Waals surface area (Å²) in [7, 11) is 0. The van der Waals surface area contributed by atoms with Crippen LogP contribution in [0, 0.1) is 0 Å². The first-order chi connectivity index (χ1) is 14.2. The summed E-state index contributed by atoms with van der Waals surface area (Å²) in [6.07, 6.45) is 1.93. The Kier molecular flexibility index (Phi) is 6.70. The van der Waals surface area contributed by atoms with Crippen molar-refractivity contribution in [2.75, 3.05) is 9.80 Å². The molecule has 160 valence electrons. The molecule has 3 aromatic rings. The van der Waals surface area contributed by atoms with Gasteiger partial charge in [-0.1, -0.05) is 24.3 Å². The number of nitrogens with zero attached hydrogens (tertiary/aromatic N) is 3. The summed E-state index contributed by atoms with van der Waals surface area (Å²) >= 11 is 0. The van der Waals surface area contributed by atoms with E-state index < -0.39 is 0 Å². The van der Waals surface area contributed by atoms with E-state index in [0.29, 0.717) is 24.2 Å². The van der Waals surface area contributed by atoms with Gasteiger partial charge in [0.1, 0.15) is 0 Å². The molecule has 1 aromatic heterocycles. The largest absolute Gasteiger partial charge is 0.367 e. The van der Waals surface area contributed by atoms with Crippen molar-refractivity contribution in [3.8, 4) is 11.3 Å². The van der Waals surface area contributed by atoms with E-state index in [1.54, 1.807) is 0 Å². The molecule has 0 unspecified atom stereocenters. The molecule has 0 aliphatic heterocycles. The van der Waals surface area contributed by atoms with E-state index in [1.165, 1.54) is 27.7 Å². The molecule has 3 nitrogen and oxygen atoms in total. The fourth-order valence-electron chi connectivity index (χ4n) is 4.76. The third kappa shape index (κ3) is 4.45. The van der Waals surface area contributed by atoms with Gasteiger partial charge in [-0.2, -0.15) is 0 Å². The molecule has 2 aromatic carbocycles. The van der Waals surface area contributed by atoms with Gasteiger partial charge in [-0.15, -0.1) is 0 Å². The van der Waals surface area contributed by atoms with Gasteiger partial charge in [0.05, 0.1) is 5.69 Å². The standard InChI is InChI=1S/C27H37N3/c1-18(2)29(19(3)4)24-15-23(16-25(17-24)30(20(5)6)21(7)8)27-26-12-10-9-11-22(26)13-14-28-27/h9-21H,1-8H3. The Labute approximate surface area is 182 Å². The Hall–Kier alpha value is -2.55. The van der Waals surface area contributed by atoms with Crippen LogP contribution in [0.15, 0.2) is 54.7 Å². The minimum atomic E-state index is 0.417. The van der Waals surface area contributed by atoms with E-state index in [9.17, 15) is 0 Å². The number of hydrogen-bond acceptors (Lipinski definition) is 3. The highest BCUT2D eigenvalue weighted by Crippen LogP contribution is 2.36. The molecular weight excluding hydrogens is 366 g/mol. The molecule has 1 heterocycles. The molecule has 3 heteroatoms. The number of fused-ring (bicyclic) bond motifs is 1. The van der Waals surface area contributed by atoms with Crippen LogP contribution in [0.2, 0.25) is 0 Å². The molecule has 0 N–H and O–H groups in total. The summed E-state index contributed by atoms with van der Waals surface area (Å²) in [4.78, 5) is 9.81. The molecule has 0 saturated carbocycles. The number of pyridine rings is 1. The van der Waals surface area contributed by atoms with Crippen molar-refractivity contribution in [2.24, 2.45) is 0 Å². The van der Waals surface area contributed by atoms with E-state index in [4.69, 9.17) is 4.98 Å². The molecule has 0 aliphatic rings. The van der Waals surface area contributed by atoms with E-state index in [-0.39, 0.29) is 0 Å². The monoisotopic (exact) mass is 403 g/mol. The second kappa shape index (κ2) is 9.07. The van der Waals surface area contributed by atoms with Crippen LogP contribution in [0.3, 0.4) is 0 Å². The van der Waals surface area contributed by atoms with Gasteiger partial charge in [0.25, 0.3) is 0 Å². The van der Waals surface area contributed by atoms with Crippen LogP contribution in [0.1, 0.15) is 55.4 Å². The minimum absolute atomic E-state index is 0.417. The Morgan fingerprint density at radius 2 is 1.13 bits per heavy atom. The Morgan fingerprint density at radius 1 is 0.633 bits per heavy atom. The molecule has 0 fully saturated rings.